The van der Waals surface area contributed by atoms with Crippen molar-refractivity contribution in [2.75, 3.05) is 24.3 Å². The quantitative estimate of drug-likeness (QED) is 0.123. The number of rotatable bonds is 11. The summed E-state index contributed by atoms with van der Waals surface area (Å²) in [6.07, 6.45) is -2.43. The molecule has 5 rings (SSSR count). The molecule has 0 spiro atoms. The smallest absolute Gasteiger partial charge is 0.315 e. The molecule has 11 nitrogen and oxygen atoms in total. The SMILES string of the molecule is O=C1N[C@H]2CSC(CCCCC(=O)OCc3ccc(C4OC[C@H]5O[C@@H](OCCBr)[C@H](O)[C@@H](O)[C@@H]5O4)cc3)[C@H]2N1. The van der Waals surface area contributed by atoms with Gasteiger partial charge in [-0.2, -0.15) is 11.8 Å². The summed E-state index contributed by atoms with van der Waals surface area (Å²) in [6, 6.07) is 7.65. The molecule has 216 valence electrons. The fraction of sp³-hybridized carbons (Fsp3) is 0.692. The highest BCUT2D eigenvalue weighted by Crippen LogP contribution is 2.35. The van der Waals surface area contributed by atoms with Crippen LogP contribution in [0.15, 0.2) is 24.3 Å². The number of halogens is 1. The van der Waals surface area contributed by atoms with Gasteiger partial charge in [0.2, 0.25) is 0 Å². The molecule has 4 N–H and O–H groups in total. The summed E-state index contributed by atoms with van der Waals surface area (Å²) < 4.78 is 28.4. The minimum Gasteiger partial charge on any atom is -0.461 e. The molecule has 4 aliphatic heterocycles. The van der Waals surface area contributed by atoms with E-state index in [-0.39, 0.29) is 37.3 Å². The van der Waals surface area contributed by atoms with Gasteiger partial charge in [-0.3, -0.25) is 4.79 Å². The number of alkyl halides is 1. The topological polar surface area (TPSA) is 145 Å². The molecule has 0 radical (unpaired) electrons. The molecule has 4 saturated heterocycles. The Labute approximate surface area is 239 Å². The van der Waals surface area contributed by atoms with Gasteiger partial charge in [-0.1, -0.05) is 46.6 Å². The number of carbonyl (C=O) groups is 2. The van der Waals surface area contributed by atoms with Gasteiger partial charge in [0.1, 0.15) is 31.0 Å². The maximum atomic E-state index is 12.2. The number of thioether (sulfide) groups is 1. The number of ether oxygens (including phenoxy) is 5. The number of unbranched alkanes of at least 4 members (excludes halogenated alkanes) is 1. The molecule has 0 aromatic heterocycles. The van der Waals surface area contributed by atoms with Crippen LogP contribution in [0.5, 0.6) is 0 Å². The van der Waals surface area contributed by atoms with E-state index < -0.39 is 37.0 Å². The van der Waals surface area contributed by atoms with Crippen LogP contribution in [0.3, 0.4) is 0 Å². The van der Waals surface area contributed by atoms with Crippen molar-refractivity contribution in [3.05, 3.63) is 35.4 Å². The van der Waals surface area contributed by atoms with E-state index in [0.29, 0.717) is 23.6 Å². The third-order valence-electron chi connectivity index (χ3n) is 7.40. The standard InChI is InChI=1S/C26H35BrN2O9S/c27-9-10-34-25-22(32)21(31)23-17(37-25)12-36-24(38-23)15-7-5-14(6-8-15)11-35-19(30)4-2-1-3-18-20-16(13-39-18)28-26(33)29-20/h5-8,16-18,20-25,31-32H,1-4,9-13H2,(H2,28,29,33)/t16-,17+,18?,20-,21+,22+,23+,24?,25+/m0/s1. The van der Waals surface area contributed by atoms with Crippen molar-refractivity contribution in [2.45, 2.75) is 86.6 Å². The number of hydrogen-bond acceptors (Lipinski definition) is 10. The van der Waals surface area contributed by atoms with Crippen LogP contribution < -0.4 is 10.6 Å². The molecule has 13 heteroatoms. The molecule has 9 atom stereocenters. The van der Waals surface area contributed by atoms with Gasteiger partial charge < -0.3 is 44.5 Å². The van der Waals surface area contributed by atoms with Crippen molar-refractivity contribution in [1.29, 1.82) is 0 Å². The molecular weight excluding hydrogens is 596 g/mol. The fourth-order valence-corrected chi connectivity index (χ4v) is 7.04. The van der Waals surface area contributed by atoms with Crippen molar-refractivity contribution in [3.63, 3.8) is 0 Å². The van der Waals surface area contributed by atoms with E-state index in [1.807, 2.05) is 36.0 Å². The van der Waals surface area contributed by atoms with E-state index in [1.54, 1.807) is 0 Å². The lowest BCUT2D eigenvalue weighted by atomic mass is 9.98. The Hall–Kier alpha value is -1.45. The van der Waals surface area contributed by atoms with Gasteiger partial charge >= 0.3 is 12.0 Å². The number of carbonyl (C=O) groups excluding carboxylic acids is 2. The Morgan fingerprint density at radius 3 is 2.74 bits per heavy atom. The largest absolute Gasteiger partial charge is 0.461 e. The number of urea groups is 1. The molecule has 4 fully saturated rings. The van der Waals surface area contributed by atoms with E-state index in [9.17, 15) is 19.8 Å². The van der Waals surface area contributed by atoms with Crippen LogP contribution in [0.1, 0.15) is 43.1 Å². The van der Waals surface area contributed by atoms with E-state index >= 15 is 0 Å². The number of aliphatic hydroxyl groups is 2. The molecule has 39 heavy (non-hydrogen) atoms. The number of nitrogens with one attached hydrogen (secondary N) is 2. The van der Waals surface area contributed by atoms with Gasteiger partial charge in [0.05, 0.1) is 25.3 Å². The molecule has 2 unspecified atom stereocenters. The molecule has 4 aliphatic rings. The first-order valence-electron chi connectivity index (χ1n) is 13.3. The van der Waals surface area contributed by atoms with E-state index in [4.69, 9.17) is 23.7 Å². The second kappa shape index (κ2) is 13.5. The second-order valence-electron chi connectivity index (χ2n) is 10.1. The lowest BCUT2D eigenvalue weighted by Crippen LogP contribution is -2.62. The second-order valence-corrected chi connectivity index (χ2v) is 12.2. The highest BCUT2D eigenvalue weighted by Gasteiger charge is 2.49. The average Bonchev–Trinajstić information content (AvgIpc) is 3.50. The van der Waals surface area contributed by atoms with E-state index in [2.05, 4.69) is 26.6 Å². The maximum absolute atomic E-state index is 12.2. The third kappa shape index (κ3) is 7.07. The number of hydrogen-bond donors (Lipinski definition) is 4. The molecule has 0 saturated carbocycles. The molecule has 0 aliphatic carbocycles. The van der Waals surface area contributed by atoms with E-state index in [1.165, 1.54) is 0 Å². The predicted molar refractivity (Wildman–Crippen MR) is 144 cm³/mol. The summed E-state index contributed by atoms with van der Waals surface area (Å²) in [5, 5.41) is 27.8. The van der Waals surface area contributed by atoms with Crippen molar-refractivity contribution in [1.82, 2.24) is 10.6 Å². The van der Waals surface area contributed by atoms with Gasteiger partial charge in [-0.05, 0) is 18.4 Å². The highest BCUT2D eigenvalue weighted by molar-refractivity contribution is 9.09. The zero-order valence-electron chi connectivity index (χ0n) is 21.4. The summed E-state index contributed by atoms with van der Waals surface area (Å²) in [4.78, 5) is 23.7. The van der Waals surface area contributed by atoms with Crippen LogP contribution >= 0.6 is 27.7 Å². The first kappa shape index (κ1) is 29.1. The average molecular weight is 632 g/mol. The van der Waals surface area contributed by atoms with Crippen LogP contribution in [0.2, 0.25) is 0 Å². The molecule has 0 bridgehead atoms. The maximum Gasteiger partial charge on any atom is 0.315 e. The van der Waals surface area contributed by atoms with Crippen LogP contribution in [0.25, 0.3) is 0 Å². The third-order valence-corrected chi connectivity index (χ3v) is 9.23. The highest BCUT2D eigenvalue weighted by atomic mass is 79.9. The molecular formula is C26H35BrN2O9S. The number of esters is 1. The molecule has 1 aromatic carbocycles. The van der Waals surface area contributed by atoms with Gasteiger partial charge in [-0.25, -0.2) is 4.79 Å². The van der Waals surface area contributed by atoms with Crippen molar-refractivity contribution in [2.24, 2.45) is 0 Å². The summed E-state index contributed by atoms with van der Waals surface area (Å²) in [5.74, 6) is 0.697. The minimum absolute atomic E-state index is 0.0816. The Morgan fingerprint density at radius 2 is 1.95 bits per heavy atom. The van der Waals surface area contributed by atoms with Gasteiger partial charge in [0.15, 0.2) is 12.6 Å². The monoisotopic (exact) mass is 630 g/mol. The zero-order chi connectivity index (χ0) is 27.4. The first-order valence-corrected chi connectivity index (χ1v) is 15.5. The van der Waals surface area contributed by atoms with Gasteiger partial charge in [-0.15, -0.1) is 0 Å². The number of amides is 2. The predicted octanol–water partition coefficient (Wildman–Crippen LogP) is 1.73. The van der Waals surface area contributed by atoms with Crippen LogP contribution in [0, 0.1) is 0 Å². The lowest BCUT2D eigenvalue weighted by Gasteiger charge is -2.46. The van der Waals surface area contributed by atoms with E-state index in [0.717, 1.165) is 36.1 Å². The lowest BCUT2D eigenvalue weighted by molar-refractivity contribution is -0.360. The summed E-state index contributed by atoms with van der Waals surface area (Å²) in [7, 11) is 0. The van der Waals surface area contributed by atoms with Gasteiger partial charge in [0.25, 0.3) is 0 Å². The molecule has 1 aromatic rings. The van der Waals surface area contributed by atoms with Crippen LogP contribution in [0.4, 0.5) is 4.79 Å². The summed E-state index contributed by atoms with van der Waals surface area (Å²) in [5.41, 5.74) is 1.57. The Bertz CT molecular complexity index is 987. The Morgan fingerprint density at radius 1 is 1.13 bits per heavy atom. The first-order chi connectivity index (χ1) is 18.9. The zero-order valence-corrected chi connectivity index (χ0v) is 23.8. The Kier molecular flexibility index (Phi) is 10.0. The number of fused-ring (bicyclic) bond motifs is 2. The number of aliphatic hydroxyl groups excluding tert-OH is 2. The summed E-state index contributed by atoms with van der Waals surface area (Å²) >= 11 is 5.13. The normalized spacial score (nSPS) is 35.6. The van der Waals surface area contributed by atoms with Crippen molar-refractivity contribution < 1.29 is 43.5 Å². The molecule has 4 heterocycles. The number of benzene rings is 1. The van der Waals surface area contributed by atoms with Gasteiger partial charge in [0, 0.05) is 28.3 Å². The fourth-order valence-electron chi connectivity index (χ4n) is 5.31. The summed E-state index contributed by atoms with van der Waals surface area (Å²) in [6.45, 7) is 0.682. The Balaban J connectivity index is 1.01. The minimum atomic E-state index is -1.23. The van der Waals surface area contributed by atoms with Crippen LogP contribution in [-0.2, 0) is 35.1 Å². The van der Waals surface area contributed by atoms with Crippen LogP contribution in [-0.4, -0.2) is 94.5 Å². The van der Waals surface area contributed by atoms with Crippen molar-refractivity contribution >= 4 is 39.7 Å². The molecule has 2 amide bonds. The van der Waals surface area contributed by atoms with Crippen molar-refractivity contribution in [3.8, 4) is 0 Å².